The van der Waals surface area contributed by atoms with E-state index in [1.807, 2.05) is 49.1 Å². The van der Waals surface area contributed by atoms with Gasteiger partial charge in [-0.25, -0.2) is 0 Å². The van der Waals surface area contributed by atoms with E-state index in [1.165, 1.54) is 49.7 Å². The van der Waals surface area contributed by atoms with Crippen molar-refractivity contribution in [3.05, 3.63) is 243 Å². The number of hydrogen-bond donors (Lipinski definition) is 0. The molecule has 8 aromatic carbocycles. The van der Waals surface area contributed by atoms with E-state index < -0.39 is 0 Å². The van der Waals surface area contributed by atoms with Crippen LogP contribution in [-0.2, 0) is 0 Å². The van der Waals surface area contributed by atoms with E-state index in [0.717, 1.165) is 50.5 Å². The zero-order valence-corrected chi connectivity index (χ0v) is 33.9. The van der Waals surface area contributed by atoms with Gasteiger partial charge in [0.2, 0.25) is 0 Å². The molecule has 11 rings (SSSR count). The van der Waals surface area contributed by atoms with Crippen molar-refractivity contribution in [2.75, 3.05) is 4.90 Å². The zero-order valence-electron chi connectivity index (χ0n) is 33.9. The van der Waals surface area contributed by atoms with E-state index in [1.54, 1.807) is 0 Å². The fraction of sp³-hybridized carbons (Fsp3) is 0. The van der Waals surface area contributed by atoms with Crippen LogP contribution in [0.5, 0.6) is 0 Å². The summed E-state index contributed by atoms with van der Waals surface area (Å²) in [7, 11) is 0. The molecule has 0 saturated carbocycles. The minimum atomic E-state index is 1.06. The molecular weight excluding hydrogens is 753 g/mol. The predicted octanol–water partition coefficient (Wildman–Crippen LogP) is 15.4. The number of rotatable bonds is 9. The van der Waals surface area contributed by atoms with Gasteiger partial charge in [-0.15, -0.1) is 0 Å². The third-order valence-corrected chi connectivity index (χ3v) is 11.8. The van der Waals surface area contributed by atoms with E-state index >= 15 is 0 Å². The number of benzene rings is 8. The Morgan fingerprint density at radius 1 is 0.323 bits per heavy atom. The van der Waals surface area contributed by atoms with Gasteiger partial charge in [-0.2, -0.15) is 0 Å². The van der Waals surface area contributed by atoms with E-state index in [2.05, 4.69) is 214 Å². The Morgan fingerprint density at radius 2 is 0.726 bits per heavy atom. The Bertz CT molecular complexity index is 3190. The summed E-state index contributed by atoms with van der Waals surface area (Å²) >= 11 is 0. The smallest absolute Gasteiger partial charge is 0.0625 e. The fourth-order valence-electron chi connectivity index (χ4n) is 8.83. The standard InChI is InChI=1S/C58H40N4/c1-4-10-41(11-5-1)48-20-31-56-55(40-48)57-53(46-12-6-2-7-13-46)29-30-54(47-14-8-3-9-15-47)58(57)62(56)52-27-25-51(26-28-52)61(49-21-16-42(17-22-49)44-32-36-59-37-33-44)50-23-18-43(19-24-50)45-34-38-60-39-35-45/h1-40H. The minimum absolute atomic E-state index is 1.06. The van der Waals surface area contributed by atoms with Gasteiger partial charge in [0, 0.05) is 63.9 Å². The molecule has 62 heavy (non-hydrogen) atoms. The average Bonchev–Trinajstić information content (AvgIpc) is 3.70. The first-order valence-corrected chi connectivity index (χ1v) is 21.0. The monoisotopic (exact) mass is 792 g/mol. The Hall–Kier alpha value is -8.34. The van der Waals surface area contributed by atoms with Gasteiger partial charge >= 0.3 is 0 Å². The third kappa shape index (κ3) is 6.80. The average molecular weight is 793 g/mol. The van der Waals surface area contributed by atoms with Gasteiger partial charge in [0.1, 0.15) is 0 Å². The molecule has 0 atom stereocenters. The molecular formula is C58H40N4. The Labute approximate surface area is 361 Å². The molecule has 0 aliphatic rings. The molecule has 4 nitrogen and oxygen atoms in total. The lowest BCUT2D eigenvalue weighted by Gasteiger charge is -2.26. The molecule has 292 valence electrons. The quantitative estimate of drug-likeness (QED) is 0.146. The van der Waals surface area contributed by atoms with Gasteiger partial charge in [0.25, 0.3) is 0 Å². The van der Waals surface area contributed by atoms with Gasteiger partial charge in [-0.3, -0.25) is 9.97 Å². The molecule has 0 spiro atoms. The van der Waals surface area contributed by atoms with E-state index in [-0.39, 0.29) is 0 Å². The van der Waals surface area contributed by atoms with Crippen LogP contribution in [0.25, 0.3) is 83.1 Å². The van der Waals surface area contributed by atoms with Gasteiger partial charge in [-0.05, 0) is 135 Å². The molecule has 3 heterocycles. The van der Waals surface area contributed by atoms with Gasteiger partial charge in [-0.1, -0.05) is 133 Å². The van der Waals surface area contributed by atoms with Crippen LogP contribution < -0.4 is 4.90 Å². The summed E-state index contributed by atoms with van der Waals surface area (Å²) in [5.74, 6) is 0. The molecule has 0 aliphatic heterocycles. The minimum Gasteiger partial charge on any atom is -0.311 e. The highest BCUT2D eigenvalue weighted by molar-refractivity contribution is 6.20. The number of aromatic nitrogens is 3. The Balaban J connectivity index is 1.10. The molecule has 11 aromatic rings. The van der Waals surface area contributed by atoms with Crippen molar-refractivity contribution in [1.82, 2.24) is 14.5 Å². The van der Waals surface area contributed by atoms with Gasteiger partial charge < -0.3 is 9.47 Å². The molecule has 0 N–H and O–H groups in total. The summed E-state index contributed by atoms with van der Waals surface area (Å²) in [6, 6.07) is 78.6. The van der Waals surface area contributed by atoms with Crippen molar-refractivity contribution in [3.8, 4) is 61.3 Å². The highest BCUT2D eigenvalue weighted by Gasteiger charge is 2.22. The molecule has 0 radical (unpaired) electrons. The maximum atomic E-state index is 4.22. The van der Waals surface area contributed by atoms with Crippen LogP contribution in [0.1, 0.15) is 0 Å². The van der Waals surface area contributed by atoms with Crippen LogP contribution in [0, 0.1) is 0 Å². The normalized spacial score (nSPS) is 11.2. The van der Waals surface area contributed by atoms with Crippen LogP contribution in [0.4, 0.5) is 17.1 Å². The topological polar surface area (TPSA) is 34.0 Å². The van der Waals surface area contributed by atoms with Crippen LogP contribution in [-0.4, -0.2) is 14.5 Å². The second kappa shape index (κ2) is 16.0. The van der Waals surface area contributed by atoms with Crippen LogP contribution in [0.3, 0.4) is 0 Å². The van der Waals surface area contributed by atoms with E-state index in [4.69, 9.17) is 0 Å². The van der Waals surface area contributed by atoms with Crippen molar-refractivity contribution in [3.63, 3.8) is 0 Å². The largest absolute Gasteiger partial charge is 0.311 e. The van der Waals surface area contributed by atoms with Crippen LogP contribution in [0.2, 0.25) is 0 Å². The maximum Gasteiger partial charge on any atom is 0.0625 e. The summed E-state index contributed by atoms with van der Waals surface area (Å²) in [6.07, 6.45) is 7.36. The van der Waals surface area contributed by atoms with Gasteiger partial charge in [0.05, 0.1) is 11.0 Å². The SMILES string of the molecule is c1ccc(-c2ccc3c(c2)c2c(-c4ccccc4)ccc(-c4ccccc4)c2n3-c2ccc(N(c3ccc(-c4ccncc4)cc3)c3ccc(-c4ccncc4)cc3)cc2)cc1. The van der Waals surface area contributed by atoms with Gasteiger partial charge in [0.15, 0.2) is 0 Å². The van der Waals surface area contributed by atoms with Crippen molar-refractivity contribution >= 4 is 38.9 Å². The second-order valence-electron chi connectivity index (χ2n) is 15.5. The summed E-state index contributed by atoms with van der Waals surface area (Å²) in [5, 5.41) is 2.45. The first-order valence-electron chi connectivity index (χ1n) is 21.0. The summed E-state index contributed by atoms with van der Waals surface area (Å²) < 4.78 is 2.47. The zero-order chi connectivity index (χ0) is 41.2. The summed E-state index contributed by atoms with van der Waals surface area (Å²) in [6.45, 7) is 0. The molecule has 0 amide bonds. The lowest BCUT2D eigenvalue weighted by atomic mass is 9.93. The molecule has 0 fully saturated rings. The first-order chi connectivity index (χ1) is 30.8. The number of anilines is 3. The maximum absolute atomic E-state index is 4.22. The number of pyridine rings is 2. The van der Waals surface area contributed by atoms with Crippen molar-refractivity contribution < 1.29 is 0 Å². The van der Waals surface area contributed by atoms with Crippen LogP contribution in [0.15, 0.2) is 243 Å². The van der Waals surface area contributed by atoms with Crippen molar-refractivity contribution in [1.29, 1.82) is 0 Å². The Morgan fingerprint density at radius 3 is 1.24 bits per heavy atom. The highest BCUT2D eigenvalue weighted by Crippen LogP contribution is 2.45. The third-order valence-electron chi connectivity index (χ3n) is 11.8. The van der Waals surface area contributed by atoms with E-state index in [9.17, 15) is 0 Å². The first kappa shape index (κ1) is 36.7. The number of nitrogens with zero attached hydrogens (tertiary/aromatic N) is 4. The predicted molar refractivity (Wildman–Crippen MR) is 258 cm³/mol. The lowest BCUT2D eigenvalue weighted by Crippen LogP contribution is -2.10. The van der Waals surface area contributed by atoms with E-state index in [0.29, 0.717) is 0 Å². The van der Waals surface area contributed by atoms with Crippen molar-refractivity contribution in [2.45, 2.75) is 0 Å². The lowest BCUT2D eigenvalue weighted by molar-refractivity contribution is 1.17. The fourth-order valence-corrected chi connectivity index (χ4v) is 8.83. The molecule has 4 heteroatoms. The molecule has 3 aromatic heterocycles. The number of fused-ring (bicyclic) bond motifs is 3. The molecule has 0 aliphatic carbocycles. The van der Waals surface area contributed by atoms with Crippen molar-refractivity contribution in [2.24, 2.45) is 0 Å². The summed E-state index contributed by atoms with van der Waals surface area (Å²) in [5.41, 5.74) is 18.3. The molecule has 0 saturated heterocycles. The Kier molecular flexibility index (Phi) is 9.49. The molecule has 0 bridgehead atoms. The van der Waals surface area contributed by atoms with Crippen LogP contribution >= 0.6 is 0 Å². The number of hydrogen-bond acceptors (Lipinski definition) is 3. The second-order valence-corrected chi connectivity index (χ2v) is 15.5. The molecule has 0 unspecified atom stereocenters. The summed E-state index contributed by atoms with van der Waals surface area (Å²) in [4.78, 5) is 10.8. The highest BCUT2D eigenvalue weighted by atomic mass is 15.1.